The van der Waals surface area contributed by atoms with Crippen molar-refractivity contribution in [2.75, 3.05) is 13.1 Å². The molecule has 1 amide bonds. The highest BCUT2D eigenvalue weighted by molar-refractivity contribution is 5.85. The predicted octanol–water partition coefficient (Wildman–Crippen LogP) is 1.12. The van der Waals surface area contributed by atoms with E-state index in [1.807, 2.05) is 13.8 Å². The van der Waals surface area contributed by atoms with E-state index in [0.29, 0.717) is 25.9 Å². The Labute approximate surface area is 107 Å². The molecule has 102 valence electrons. The van der Waals surface area contributed by atoms with Crippen LogP contribution >= 0.6 is 0 Å². The zero-order chi connectivity index (χ0) is 13.3. The summed E-state index contributed by atoms with van der Waals surface area (Å²) < 4.78 is 5.59. The van der Waals surface area contributed by atoms with Crippen molar-refractivity contribution >= 4 is 11.9 Å². The van der Waals surface area contributed by atoms with Gasteiger partial charge in [0, 0.05) is 13.1 Å². The quantitative estimate of drug-likeness (QED) is 0.803. The Hall–Kier alpha value is -1.10. The van der Waals surface area contributed by atoms with Crippen LogP contribution in [0.5, 0.6) is 0 Å². The first-order chi connectivity index (χ1) is 8.49. The SMILES string of the molecule is C[C@@H]1CN(C(=O)[C@@H]2CCC[C@@H]2C(=O)O)C[C@H](C)O1. The molecule has 1 heterocycles. The number of carbonyl (C=O) groups excluding carboxylic acids is 1. The van der Waals surface area contributed by atoms with Gasteiger partial charge in [0.1, 0.15) is 0 Å². The minimum absolute atomic E-state index is 0.00176. The minimum atomic E-state index is -0.833. The summed E-state index contributed by atoms with van der Waals surface area (Å²) in [6, 6.07) is 0. The summed E-state index contributed by atoms with van der Waals surface area (Å²) in [5.41, 5.74) is 0. The Morgan fingerprint density at radius 2 is 1.67 bits per heavy atom. The van der Waals surface area contributed by atoms with Crippen molar-refractivity contribution < 1.29 is 19.4 Å². The monoisotopic (exact) mass is 255 g/mol. The second-order valence-electron chi connectivity index (χ2n) is 5.48. The number of carbonyl (C=O) groups is 2. The van der Waals surface area contributed by atoms with Crippen LogP contribution in [0.2, 0.25) is 0 Å². The Morgan fingerprint density at radius 3 is 2.22 bits per heavy atom. The Kier molecular flexibility index (Phi) is 3.90. The number of hydrogen-bond donors (Lipinski definition) is 1. The standard InChI is InChI=1S/C13H21NO4/c1-8-6-14(7-9(2)18-8)12(15)10-4-3-5-11(10)13(16)17/h8-11H,3-7H2,1-2H3,(H,16,17)/t8-,9+,10-,11+/m1/s1. The molecule has 18 heavy (non-hydrogen) atoms. The average Bonchev–Trinajstić information content (AvgIpc) is 2.75. The van der Waals surface area contributed by atoms with Gasteiger partial charge >= 0.3 is 5.97 Å². The van der Waals surface area contributed by atoms with E-state index in [4.69, 9.17) is 9.84 Å². The molecule has 1 aliphatic heterocycles. The highest BCUT2D eigenvalue weighted by Crippen LogP contribution is 2.34. The third-order valence-corrected chi connectivity index (χ3v) is 3.88. The fourth-order valence-electron chi connectivity index (χ4n) is 3.14. The first kappa shape index (κ1) is 13.3. The maximum Gasteiger partial charge on any atom is 0.307 e. The normalized spacial score (nSPS) is 36.7. The van der Waals surface area contributed by atoms with E-state index < -0.39 is 11.9 Å². The van der Waals surface area contributed by atoms with Crippen molar-refractivity contribution in [2.45, 2.75) is 45.3 Å². The van der Waals surface area contributed by atoms with E-state index in [1.54, 1.807) is 4.90 Å². The number of aliphatic carboxylic acids is 1. The van der Waals surface area contributed by atoms with Gasteiger partial charge in [-0.1, -0.05) is 6.42 Å². The van der Waals surface area contributed by atoms with Gasteiger partial charge in [-0.3, -0.25) is 9.59 Å². The van der Waals surface area contributed by atoms with Crippen LogP contribution in [0.1, 0.15) is 33.1 Å². The number of ether oxygens (including phenoxy) is 1. The molecule has 5 heteroatoms. The molecule has 1 saturated carbocycles. The smallest absolute Gasteiger partial charge is 0.307 e. The molecular weight excluding hydrogens is 234 g/mol. The molecule has 0 spiro atoms. The second-order valence-corrected chi connectivity index (χ2v) is 5.48. The van der Waals surface area contributed by atoms with Crippen LogP contribution in [0, 0.1) is 11.8 Å². The molecule has 2 fully saturated rings. The first-order valence-corrected chi connectivity index (χ1v) is 6.66. The van der Waals surface area contributed by atoms with Gasteiger partial charge in [0.25, 0.3) is 0 Å². The van der Waals surface area contributed by atoms with Crippen LogP contribution < -0.4 is 0 Å². The van der Waals surface area contributed by atoms with Gasteiger partial charge in [0.2, 0.25) is 5.91 Å². The summed E-state index contributed by atoms with van der Waals surface area (Å²) in [6.45, 7) is 5.04. The van der Waals surface area contributed by atoms with Gasteiger partial charge in [-0.25, -0.2) is 0 Å². The maximum atomic E-state index is 12.4. The Morgan fingerprint density at radius 1 is 1.11 bits per heavy atom. The number of carboxylic acid groups (broad SMARTS) is 1. The lowest BCUT2D eigenvalue weighted by Crippen LogP contribution is -2.50. The van der Waals surface area contributed by atoms with Crippen LogP contribution in [-0.2, 0) is 14.3 Å². The highest BCUT2D eigenvalue weighted by Gasteiger charge is 2.41. The van der Waals surface area contributed by atoms with Crippen molar-refractivity contribution in [1.82, 2.24) is 4.90 Å². The van der Waals surface area contributed by atoms with E-state index >= 15 is 0 Å². The van der Waals surface area contributed by atoms with E-state index in [0.717, 1.165) is 6.42 Å². The fourth-order valence-corrected chi connectivity index (χ4v) is 3.14. The lowest BCUT2D eigenvalue weighted by Gasteiger charge is -2.37. The van der Waals surface area contributed by atoms with Crippen molar-refractivity contribution in [3.63, 3.8) is 0 Å². The van der Waals surface area contributed by atoms with Crippen LogP contribution in [0.4, 0.5) is 0 Å². The molecule has 0 aromatic rings. The van der Waals surface area contributed by atoms with Crippen molar-refractivity contribution in [3.05, 3.63) is 0 Å². The molecular formula is C13H21NO4. The molecule has 0 bridgehead atoms. The molecule has 5 nitrogen and oxygen atoms in total. The summed E-state index contributed by atoms with van der Waals surface area (Å²) in [6.07, 6.45) is 2.23. The van der Waals surface area contributed by atoms with Crippen LogP contribution in [0.15, 0.2) is 0 Å². The van der Waals surface area contributed by atoms with Crippen LogP contribution in [-0.4, -0.2) is 47.2 Å². The zero-order valence-electron chi connectivity index (χ0n) is 11.0. The molecule has 0 radical (unpaired) electrons. The summed E-state index contributed by atoms with van der Waals surface area (Å²) in [5.74, 6) is -1.66. The molecule has 1 N–H and O–H groups in total. The average molecular weight is 255 g/mol. The number of nitrogens with zero attached hydrogens (tertiary/aromatic N) is 1. The van der Waals surface area contributed by atoms with E-state index in [-0.39, 0.29) is 24.0 Å². The third kappa shape index (κ3) is 2.66. The zero-order valence-corrected chi connectivity index (χ0v) is 11.0. The van der Waals surface area contributed by atoms with Gasteiger partial charge in [-0.15, -0.1) is 0 Å². The third-order valence-electron chi connectivity index (χ3n) is 3.88. The maximum absolute atomic E-state index is 12.4. The molecule has 2 rings (SSSR count). The van der Waals surface area contributed by atoms with Gasteiger partial charge in [0.05, 0.1) is 24.0 Å². The molecule has 1 saturated heterocycles. The van der Waals surface area contributed by atoms with Gasteiger partial charge < -0.3 is 14.7 Å². The topological polar surface area (TPSA) is 66.8 Å². The van der Waals surface area contributed by atoms with Crippen molar-refractivity contribution in [3.8, 4) is 0 Å². The van der Waals surface area contributed by atoms with Crippen molar-refractivity contribution in [2.24, 2.45) is 11.8 Å². The number of morpholine rings is 1. The van der Waals surface area contributed by atoms with E-state index in [1.165, 1.54) is 0 Å². The van der Waals surface area contributed by atoms with Crippen LogP contribution in [0.3, 0.4) is 0 Å². The molecule has 0 unspecified atom stereocenters. The number of amides is 1. The Balaban J connectivity index is 2.04. The molecule has 4 atom stereocenters. The minimum Gasteiger partial charge on any atom is -0.481 e. The van der Waals surface area contributed by atoms with Crippen molar-refractivity contribution in [1.29, 1.82) is 0 Å². The lowest BCUT2D eigenvalue weighted by molar-refractivity contribution is -0.154. The predicted molar refractivity (Wildman–Crippen MR) is 65.1 cm³/mol. The Bertz CT molecular complexity index is 334. The fraction of sp³-hybridized carbons (Fsp3) is 0.846. The van der Waals surface area contributed by atoms with Gasteiger partial charge in [-0.05, 0) is 26.7 Å². The highest BCUT2D eigenvalue weighted by atomic mass is 16.5. The summed E-state index contributed by atoms with van der Waals surface area (Å²) in [5, 5.41) is 9.14. The molecule has 1 aliphatic carbocycles. The summed E-state index contributed by atoms with van der Waals surface area (Å²) in [4.78, 5) is 25.3. The molecule has 2 aliphatic rings. The molecule has 0 aromatic heterocycles. The first-order valence-electron chi connectivity index (χ1n) is 6.66. The van der Waals surface area contributed by atoms with Gasteiger partial charge in [-0.2, -0.15) is 0 Å². The number of hydrogen-bond acceptors (Lipinski definition) is 3. The summed E-state index contributed by atoms with van der Waals surface area (Å²) in [7, 11) is 0. The number of rotatable bonds is 2. The van der Waals surface area contributed by atoms with E-state index in [9.17, 15) is 9.59 Å². The summed E-state index contributed by atoms with van der Waals surface area (Å²) >= 11 is 0. The van der Waals surface area contributed by atoms with E-state index in [2.05, 4.69) is 0 Å². The van der Waals surface area contributed by atoms with Crippen LogP contribution in [0.25, 0.3) is 0 Å². The largest absolute Gasteiger partial charge is 0.481 e. The molecule has 0 aromatic carbocycles. The van der Waals surface area contributed by atoms with Gasteiger partial charge in [0.15, 0.2) is 0 Å². The lowest BCUT2D eigenvalue weighted by atomic mass is 9.94. The second kappa shape index (κ2) is 5.26. The number of carboxylic acids is 1.